The summed E-state index contributed by atoms with van der Waals surface area (Å²) in [5.41, 5.74) is 1.24. The second kappa shape index (κ2) is 5.80. The van der Waals surface area contributed by atoms with Gasteiger partial charge in [-0.15, -0.1) is 0 Å². The molecule has 0 amide bonds. The van der Waals surface area contributed by atoms with E-state index in [1.165, 1.54) is 12.0 Å². The Morgan fingerprint density at radius 3 is 2.81 bits per heavy atom. The number of aromatic nitrogens is 2. The van der Waals surface area contributed by atoms with Gasteiger partial charge in [-0.3, -0.25) is 0 Å². The molecule has 88 valence electrons. The number of anilines is 1. The number of hydrogen-bond donors (Lipinski definition) is 1. The third-order valence-corrected chi connectivity index (χ3v) is 2.85. The Hall–Kier alpha value is -1.16. The molecule has 0 bridgehead atoms. The number of aryl methyl sites for hydroxylation is 1. The summed E-state index contributed by atoms with van der Waals surface area (Å²) < 4.78 is 0. The Morgan fingerprint density at radius 1 is 1.25 bits per heavy atom. The van der Waals surface area contributed by atoms with E-state index in [1.807, 2.05) is 12.4 Å². The highest BCUT2D eigenvalue weighted by atomic mass is 15.3. The molecular formula is C12H20N4. The summed E-state index contributed by atoms with van der Waals surface area (Å²) in [7, 11) is 0. The summed E-state index contributed by atoms with van der Waals surface area (Å²) in [6, 6.07) is 0. The van der Waals surface area contributed by atoms with E-state index in [1.54, 1.807) is 0 Å². The average Bonchev–Trinajstić information content (AvgIpc) is 2.59. The number of rotatable bonds is 3. The minimum absolute atomic E-state index is 0.878. The first-order valence-electron chi connectivity index (χ1n) is 6.16. The van der Waals surface area contributed by atoms with E-state index in [2.05, 4.69) is 27.1 Å². The molecule has 0 atom stereocenters. The predicted molar refractivity (Wildman–Crippen MR) is 65.7 cm³/mol. The van der Waals surface area contributed by atoms with E-state index in [0.717, 1.165) is 45.0 Å². The SMILES string of the molecule is CCCc1cnc(N2CCCNCC2)nc1. The van der Waals surface area contributed by atoms with E-state index >= 15 is 0 Å². The van der Waals surface area contributed by atoms with Crippen LogP contribution >= 0.6 is 0 Å². The van der Waals surface area contributed by atoms with Crippen molar-refractivity contribution in [2.45, 2.75) is 26.2 Å². The molecule has 0 aliphatic carbocycles. The zero-order valence-electron chi connectivity index (χ0n) is 9.95. The molecule has 0 aromatic carbocycles. The molecule has 1 aliphatic heterocycles. The lowest BCUT2D eigenvalue weighted by Crippen LogP contribution is -2.29. The van der Waals surface area contributed by atoms with Crippen LogP contribution in [0.2, 0.25) is 0 Å². The predicted octanol–water partition coefficient (Wildman–Crippen LogP) is 1.23. The van der Waals surface area contributed by atoms with Crippen LogP contribution in [0.4, 0.5) is 5.95 Å². The van der Waals surface area contributed by atoms with E-state index in [4.69, 9.17) is 0 Å². The van der Waals surface area contributed by atoms with Crippen LogP contribution in [0.3, 0.4) is 0 Å². The number of nitrogens with zero attached hydrogens (tertiary/aromatic N) is 3. The summed E-state index contributed by atoms with van der Waals surface area (Å²) in [4.78, 5) is 11.2. The molecule has 1 N–H and O–H groups in total. The summed E-state index contributed by atoms with van der Waals surface area (Å²) in [5.74, 6) is 0.878. The maximum atomic E-state index is 4.45. The lowest BCUT2D eigenvalue weighted by Gasteiger charge is -2.19. The maximum absolute atomic E-state index is 4.45. The Bertz CT molecular complexity index is 301. The minimum Gasteiger partial charge on any atom is -0.340 e. The Balaban J connectivity index is 2.01. The zero-order chi connectivity index (χ0) is 11.2. The van der Waals surface area contributed by atoms with Crippen LogP contribution in [0.15, 0.2) is 12.4 Å². The van der Waals surface area contributed by atoms with Crippen molar-refractivity contribution >= 4 is 5.95 Å². The lowest BCUT2D eigenvalue weighted by molar-refractivity contribution is 0.724. The second-order valence-corrected chi connectivity index (χ2v) is 4.23. The third kappa shape index (κ3) is 2.92. The molecule has 1 aromatic heterocycles. The van der Waals surface area contributed by atoms with Crippen molar-refractivity contribution in [3.05, 3.63) is 18.0 Å². The van der Waals surface area contributed by atoms with Crippen LogP contribution in [0.1, 0.15) is 25.3 Å². The van der Waals surface area contributed by atoms with Gasteiger partial charge in [-0.05, 0) is 24.9 Å². The van der Waals surface area contributed by atoms with Crippen molar-refractivity contribution in [1.82, 2.24) is 15.3 Å². The molecule has 4 nitrogen and oxygen atoms in total. The normalized spacial score (nSPS) is 17.2. The molecule has 1 fully saturated rings. The highest BCUT2D eigenvalue weighted by molar-refractivity contribution is 5.30. The van der Waals surface area contributed by atoms with Crippen LogP contribution in [0, 0.1) is 0 Å². The number of hydrogen-bond acceptors (Lipinski definition) is 4. The molecule has 4 heteroatoms. The summed E-state index contributed by atoms with van der Waals surface area (Å²) >= 11 is 0. The van der Waals surface area contributed by atoms with E-state index in [0.29, 0.717) is 0 Å². The van der Waals surface area contributed by atoms with Gasteiger partial charge in [-0.1, -0.05) is 13.3 Å². The minimum atomic E-state index is 0.878. The van der Waals surface area contributed by atoms with Gasteiger partial charge in [0.15, 0.2) is 0 Å². The zero-order valence-corrected chi connectivity index (χ0v) is 9.95. The van der Waals surface area contributed by atoms with Gasteiger partial charge in [0, 0.05) is 32.0 Å². The lowest BCUT2D eigenvalue weighted by atomic mass is 10.2. The molecular weight excluding hydrogens is 200 g/mol. The van der Waals surface area contributed by atoms with Gasteiger partial charge in [0.25, 0.3) is 0 Å². The van der Waals surface area contributed by atoms with Gasteiger partial charge in [0.1, 0.15) is 0 Å². The van der Waals surface area contributed by atoms with Gasteiger partial charge in [-0.25, -0.2) is 9.97 Å². The van der Waals surface area contributed by atoms with Crippen molar-refractivity contribution < 1.29 is 0 Å². The monoisotopic (exact) mass is 220 g/mol. The maximum Gasteiger partial charge on any atom is 0.225 e. The second-order valence-electron chi connectivity index (χ2n) is 4.23. The largest absolute Gasteiger partial charge is 0.340 e. The first kappa shape index (κ1) is 11.3. The molecule has 1 aromatic rings. The topological polar surface area (TPSA) is 41.1 Å². The molecule has 16 heavy (non-hydrogen) atoms. The quantitative estimate of drug-likeness (QED) is 0.832. The summed E-state index contributed by atoms with van der Waals surface area (Å²) in [6.45, 7) is 6.37. The highest BCUT2D eigenvalue weighted by Gasteiger charge is 2.11. The van der Waals surface area contributed by atoms with Crippen molar-refractivity contribution in [2.24, 2.45) is 0 Å². The summed E-state index contributed by atoms with van der Waals surface area (Å²) in [5, 5.41) is 3.38. The van der Waals surface area contributed by atoms with E-state index in [-0.39, 0.29) is 0 Å². The molecule has 0 radical (unpaired) electrons. The van der Waals surface area contributed by atoms with Crippen molar-refractivity contribution in [3.8, 4) is 0 Å². The number of nitrogens with one attached hydrogen (secondary N) is 1. The van der Waals surface area contributed by atoms with Crippen molar-refractivity contribution in [2.75, 3.05) is 31.1 Å². The first-order chi connectivity index (χ1) is 7.90. The Kier molecular flexibility index (Phi) is 4.10. The fraction of sp³-hybridized carbons (Fsp3) is 0.667. The van der Waals surface area contributed by atoms with E-state index < -0.39 is 0 Å². The van der Waals surface area contributed by atoms with Gasteiger partial charge in [0.2, 0.25) is 5.95 Å². The molecule has 2 heterocycles. The Labute approximate surface area is 97.1 Å². The van der Waals surface area contributed by atoms with Crippen LogP contribution in [-0.2, 0) is 6.42 Å². The van der Waals surface area contributed by atoms with E-state index in [9.17, 15) is 0 Å². The molecule has 0 unspecified atom stereocenters. The Morgan fingerprint density at radius 2 is 2.06 bits per heavy atom. The summed E-state index contributed by atoms with van der Waals surface area (Å²) in [6.07, 6.45) is 7.31. The van der Waals surface area contributed by atoms with Gasteiger partial charge < -0.3 is 10.2 Å². The molecule has 2 rings (SSSR count). The molecule has 1 saturated heterocycles. The molecule has 1 aliphatic rings. The van der Waals surface area contributed by atoms with Crippen LogP contribution in [0.5, 0.6) is 0 Å². The van der Waals surface area contributed by atoms with Crippen molar-refractivity contribution in [3.63, 3.8) is 0 Å². The van der Waals surface area contributed by atoms with Gasteiger partial charge >= 0.3 is 0 Å². The van der Waals surface area contributed by atoms with Crippen LogP contribution in [-0.4, -0.2) is 36.1 Å². The first-order valence-corrected chi connectivity index (χ1v) is 6.16. The van der Waals surface area contributed by atoms with Crippen LogP contribution in [0.25, 0.3) is 0 Å². The van der Waals surface area contributed by atoms with Gasteiger partial charge in [0.05, 0.1) is 0 Å². The molecule has 0 spiro atoms. The van der Waals surface area contributed by atoms with Gasteiger partial charge in [-0.2, -0.15) is 0 Å². The van der Waals surface area contributed by atoms with Crippen LogP contribution < -0.4 is 10.2 Å². The fourth-order valence-electron chi connectivity index (χ4n) is 1.97. The van der Waals surface area contributed by atoms with Crippen molar-refractivity contribution in [1.29, 1.82) is 0 Å². The fourth-order valence-corrected chi connectivity index (χ4v) is 1.97. The standard InChI is InChI=1S/C12H20N4/c1-2-4-11-9-14-12(15-10-11)16-7-3-5-13-6-8-16/h9-10,13H,2-8H2,1H3. The average molecular weight is 220 g/mol. The molecule has 0 saturated carbocycles. The highest BCUT2D eigenvalue weighted by Crippen LogP contribution is 2.09. The smallest absolute Gasteiger partial charge is 0.225 e. The third-order valence-electron chi connectivity index (χ3n) is 2.85.